The van der Waals surface area contributed by atoms with E-state index in [2.05, 4.69) is 10.4 Å². The molecule has 2 aromatic rings. The molecule has 0 bridgehead atoms. The molecule has 1 aromatic heterocycles. The Morgan fingerprint density at radius 2 is 2.12 bits per heavy atom. The van der Waals surface area contributed by atoms with Gasteiger partial charge in [-0.15, -0.1) is 0 Å². The molecule has 0 saturated heterocycles. The molecule has 1 N–H and O–H groups in total. The van der Waals surface area contributed by atoms with E-state index in [0.717, 1.165) is 16.8 Å². The molecule has 24 heavy (non-hydrogen) atoms. The number of nitrogens with one attached hydrogen (secondary N) is 1. The minimum absolute atomic E-state index is 0.0411. The number of amides is 2. The molecule has 3 rings (SSSR count). The van der Waals surface area contributed by atoms with E-state index in [4.69, 9.17) is 0 Å². The number of carbonyl (C=O) groups excluding carboxylic acids is 2. The topological polar surface area (TPSA) is 67.2 Å². The average molecular weight is 326 g/mol. The maximum absolute atomic E-state index is 12.5. The van der Waals surface area contributed by atoms with Crippen molar-refractivity contribution in [1.29, 1.82) is 0 Å². The molecular weight excluding hydrogens is 304 g/mol. The Balaban J connectivity index is 1.72. The van der Waals surface area contributed by atoms with Crippen molar-refractivity contribution in [2.24, 2.45) is 0 Å². The van der Waals surface area contributed by atoms with Crippen LogP contribution < -0.4 is 10.2 Å². The SMILES string of the molecule is Cc1cccc(CNC(=O)[C@@H](C)N2C(=O)CCn3nc(C)cc32)c1. The van der Waals surface area contributed by atoms with Gasteiger partial charge in [0.2, 0.25) is 11.8 Å². The highest BCUT2D eigenvalue weighted by Crippen LogP contribution is 2.24. The normalized spacial score (nSPS) is 15.1. The summed E-state index contributed by atoms with van der Waals surface area (Å²) in [7, 11) is 0. The van der Waals surface area contributed by atoms with Crippen LogP contribution in [-0.4, -0.2) is 27.6 Å². The van der Waals surface area contributed by atoms with Gasteiger partial charge < -0.3 is 5.32 Å². The van der Waals surface area contributed by atoms with Gasteiger partial charge in [0, 0.05) is 19.0 Å². The van der Waals surface area contributed by atoms with Crippen LogP contribution in [0.25, 0.3) is 0 Å². The zero-order valence-corrected chi connectivity index (χ0v) is 14.2. The quantitative estimate of drug-likeness (QED) is 0.934. The Morgan fingerprint density at radius 3 is 2.88 bits per heavy atom. The van der Waals surface area contributed by atoms with Crippen molar-refractivity contribution < 1.29 is 9.59 Å². The van der Waals surface area contributed by atoms with Crippen molar-refractivity contribution in [3.63, 3.8) is 0 Å². The van der Waals surface area contributed by atoms with E-state index in [0.29, 0.717) is 25.3 Å². The first-order valence-electron chi connectivity index (χ1n) is 8.15. The zero-order chi connectivity index (χ0) is 17.3. The summed E-state index contributed by atoms with van der Waals surface area (Å²) in [6, 6.07) is 9.27. The Hall–Kier alpha value is -2.63. The third-order valence-electron chi connectivity index (χ3n) is 4.25. The van der Waals surface area contributed by atoms with E-state index in [-0.39, 0.29) is 11.8 Å². The van der Waals surface area contributed by atoms with Crippen LogP contribution in [0.4, 0.5) is 5.82 Å². The highest BCUT2D eigenvalue weighted by Gasteiger charge is 2.32. The van der Waals surface area contributed by atoms with Crippen LogP contribution in [0.2, 0.25) is 0 Å². The molecule has 6 heteroatoms. The first-order valence-corrected chi connectivity index (χ1v) is 8.15. The van der Waals surface area contributed by atoms with E-state index in [9.17, 15) is 9.59 Å². The molecule has 126 valence electrons. The lowest BCUT2D eigenvalue weighted by molar-refractivity contribution is -0.126. The fourth-order valence-electron chi connectivity index (χ4n) is 3.03. The van der Waals surface area contributed by atoms with Crippen LogP contribution in [0.15, 0.2) is 30.3 Å². The van der Waals surface area contributed by atoms with Crippen molar-refractivity contribution >= 4 is 17.6 Å². The largest absolute Gasteiger partial charge is 0.350 e. The highest BCUT2D eigenvalue weighted by atomic mass is 16.2. The average Bonchev–Trinajstić information content (AvgIpc) is 2.92. The lowest BCUT2D eigenvalue weighted by atomic mass is 10.1. The number of hydrogen-bond donors (Lipinski definition) is 1. The minimum Gasteiger partial charge on any atom is -0.350 e. The first-order chi connectivity index (χ1) is 11.5. The maximum Gasteiger partial charge on any atom is 0.243 e. The first kappa shape index (κ1) is 16.2. The Morgan fingerprint density at radius 1 is 1.33 bits per heavy atom. The predicted octanol–water partition coefficient (Wildman–Crippen LogP) is 1.94. The molecular formula is C18H22N4O2. The van der Waals surface area contributed by atoms with Gasteiger partial charge in [0.05, 0.1) is 12.2 Å². The van der Waals surface area contributed by atoms with E-state index >= 15 is 0 Å². The summed E-state index contributed by atoms with van der Waals surface area (Å²) in [4.78, 5) is 26.4. The lowest BCUT2D eigenvalue weighted by Gasteiger charge is -2.31. The monoisotopic (exact) mass is 326 g/mol. The van der Waals surface area contributed by atoms with Gasteiger partial charge in [-0.25, -0.2) is 4.68 Å². The Kier molecular flexibility index (Phi) is 4.38. The number of nitrogens with zero attached hydrogens (tertiary/aromatic N) is 3. The number of benzene rings is 1. The van der Waals surface area contributed by atoms with E-state index in [1.165, 1.54) is 0 Å². The number of fused-ring (bicyclic) bond motifs is 1. The molecule has 2 amide bonds. The number of aryl methyl sites for hydroxylation is 3. The van der Waals surface area contributed by atoms with E-state index < -0.39 is 6.04 Å². The lowest BCUT2D eigenvalue weighted by Crippen LogP contribution is -2.50. The van der Waals surface area contributed by atoms with Crippen LogP contribution in [0.1, 0.15) is 30.2 Å². The molecule has 0 unspecified atom stereocenters. The number of aromatic nitrogens is 2. The summed E-state index contributed by atoms with van der Waals surface area (Å²) < 4.78 is 1.79. The molecule has 0 radical (unpaired) electrons. The van der Waals surface area contributed by atoms with Gasteiger partial charge in [-0.2, -0.15) is 5.10 Å². The number of rotatable bonds is 4. The molecule has 0 fully saturated rings. The van der Waals surface area contributed by atoms with Crippen LogP contribution in [0, 0.1) is 13.8 Å². The summed E-state index contributed by atoms with van der Waals surface area (Å²) in [6.45, 7) is 6.67. The molecule has 6 nitrogen and oxygen atoms in total. The van der Waals surface area contributed by atoms with Crippen LogP contribution in [0.3, 0.4) is 0 Å². The standard InChI is InChI=1S/C18H22N4O2/c1-12-5-4-6-15(9-12)11-19-18(24)14(3)22-16-10-13(2)20-21(16)8-7-17(22)23/h4-6,9-10,14H,7-8,11H2,1-3H3,(H,19,24)/t14-/m1/s1. The van der Waals surface area contributed by atoms with Gasteiger partial charge in [0.15, 0.2) is 0 Å². The van der Waals surface area contributed by atoms with Crippen LogP contribution in [-0.2, 0) is 22.7 Å². The van der Waals surface area contributed by atoms with Crippen molar-refractivity contribution in [2.75, 3.05) is 4.90 Å². The number of anilines is 1. The molecule has 0 aliphatic carbocycles. The highest BCUT2D eigenvalue weighted by molar-refractivity contribution is 6.00. The van der Waals surface area contributed by atoms with Gasteiger partial charge in [-0.1, -0.05) is 29.8 Å². The third kappa shape index (κ3) is 3.18. The Bertz CT molecular complexity index is 781. The Labute approximate surface area is 141 Å². The number of carbonyl (C=O) groups is 2. The molecule has 1 aliphatic rings. The van der Waals surface area contributed by atoms with Gasteiger partial charge >= 0.3 is 0 Å². The molecule has 1 aromatic carbocycles. The van der Waals surface area contributed by atoms with Gasteiger partial charge in [-0.05, 0) is 26.3 Å². The van der Waals surface area contributed by atoms with Crippen LogP contribution >= 0.6 is 0 Å². The number of hydrogen-bond acceptors (Lipinski definition) is 3. The second-order valence-electron chi connectivity index (χ2n) is 6.26. The van der Waals surface area contributed by atoms with Crippen molar-refractivity contribution in [2.45, 2.75) is 46.3 Å². The zero-order valence-electron chi connectivity index (χ0n) is 14.2. The van der Waals surface area contributed by atoms with Crippen molar-refractivity contribution in [3.05, 3.63) is 47.2 Å². The van der Waals surface area contributed by atoms with Gasteiger partial charge in [-0.3, -0.25) is 14.5 Å². The van der Waals surface area contributed by atoms with E-state index in [1.807, 2.05) is 44.2 Å². The molecule has 0 saturated carbocycles. The van der Waals surface area contributed by atoms with Crippen LogP contribution in [0.5, 0.6) is 0 Å². The summed E-state index contributed by atoms with van der Waals surface area (Å²) in [5, 5.41) is 7.29. The van der Waals surface area contributed by atoms with Crippen molar-refractivity contribution in [3.8, 4) is 0 Å². The van der Waals surface area contributed by atoms with E-state index in [1.54, 1.807) is 16.5 Å². The summed E-state index contributed by atoms with van der Waals surface area (Å²) in [5.41, 5.74) is 3.04. The van der Waals surface area contributed by atoms with Crippen molar-refractivity contribution in [1.82, 2.24) is 15.1 Å². The predicted molar refractivity (Wildman–Crippen MR) is 91.6 cm³/mol. The second kappa shape index (κ2) is 6.47. The summed E-state index contributed by atoms with van der Waals surface area (Å²) in [6.07, 6.45) is 0.365. The molecule has 2 heterocycles. The summed E-state index contributed by atoms with van der Waals surface area (Å²) in [5.74, 6) is 0.486. The molecule has 1 atom stereocenters. The third-order valence-corrected chi connectivity index (χ3v) is 4.25. The van der Waals surface area contributed by atoms with Gasteiger partial charge in [0.1, 0.15) is 11.9 Å². The smallest absolute Gasteiger partial charge is 0.243 e. The fourth-order valence-corrected chi connectivity index (χ4v) is 3.03. The minimum atomic E-state index is -0.572. The fraction of sp³-hybridized carbons (Fsp3) is 0.389. The molecule has 1 aliphatic heterocycles. The summed E-state index contributed by atoms with van der Waals surface area (Å²) >= 11 is 0. The van der Waals surface area contributed by atoms with Gasteiger partial charge in [0.25, 0.3) is 0 Å². The maximum atomic E-state index is 12.5. The molecule has 0 spiro atoms. The second-order valence-corrected chi connectivity index (χ2v) is 6.26.